The Morgan fingerprint density at radius 3 is 2.52 bits per heavy atom. The van der Waals surface area contributed by atoms with Crippen LogP contribution in [0.3, 0.4) is 0 Å². The Morgan fingerprint density at radius 2 is 1.65 bits per heavy atom. The first kappa shape index (κ1) is 13.6. The van der Waals surface area contributed by atoms with E-state index < -0.39 is 0 Å². The summed E-state index contributed by atoms with van der Waals surface area (Å²) in [4.78, 5) is 4.34. The van der Waals surface area contributed by atoms with E-state index in [1.165, 1.54) is 0 Å². The number of aryl methyl sites for hydroxylation is 1. The third kappa shape index (κ3) is 2.57. The van der Waals surface area contributed by atoms with Crippen molar-refractivity contribution in [2.75, 3.05) is 0 Å². The van der Waals surface area contributed by atoms with Gasteiger partial charge in [0, 0.05) is 18.7 Å². The third-order valence-electron chi connectivity index (χ3n) is 3.90. The Morgan fingerprint density at radius 1 is 0.870 bits per heavy atom. The van der Waals surface area contributed by atoms with Gasteiger partial charge in [-0.2, -0.15) is 0 Å². The number of rotatable bonds is 3. The molecule has 0 amide bonds. The summed E-state index contributed by atoms with van der Waals surface area (Å²) in [6.45, 7) is 0. The Balaban J connectivity index is 1.75. The fraction of sp³-hybridized carbons (Fsp3) is 0.0500. The number of aromatic nitrogens is 2. The molecule has 0 radical (unpaired) electrons. The largest absolute Gasteiger partial charge is 0.457 e. The van der Waals surface area contributed by atoms with Gasteiger partial charge >= 0.3 is 0 Å². The van der Waals surface area contributed by atoms with Gasteiger partial charge in [0.25, 0.3) is 0 Å². The Labute approximate surface area is 134 Å². The van der Waals surface area contributed by atoms with Crippen molar-refractivity contribution < 1.29 is 4.74 Å². The number of fused-ring (bicyclic) bond motifs is 1. The van der Waals surface area contributed by atoms with Crippen molar-refractivity contribution in [2.24, 2.45) is 7.05 Å². The number of para-hydroxylation sites is 1. The van der Waals surface area contributed by atoms with Crippen molar-refractivity contribution in [3.05, 3.63) is 79.1 Å². The van der Waals surface area contributed by atoms with Crippen LogP contribution in [0.2, 0.25) is 0 Å². The van der Waals surface area contributed by atoms with Crippen LogP contribution in [0.4, 0.5) is 0 Å². The van der Waals surface area contributed by atoms with E-state index >= 15 is 0 Å². The summed E-state index contributed by atoms with van der Waals surface area (Å²) in [5, 5.41) is 0. The monoisotopic (exact) mass is 300 g/mol. The highest BCUT2D eigenvalue weighted by Crippen LogP contribution is 2.33. The number of hydrogen-bond acceptors (Lipinski definition) is 2. The van der Waals surface area contributed by atoms with Crippen LogP contribution in [0.1, 0.15) is 0 Å². The summed E-state index contributed by atoms with van der Waals surface area (Å²) in [6, 6.07) is 24.3. The van der Waals surface area contributed by atoms with Crippen molar-refractivity contribution in [1.82, 2.24) is 9.55 Å². The number of imidazole rings is 1. The van der Waals surface area contributed by atoms with Crippen molar-refractivity contribution in [2.45, 2.75) is 0 Å². The van der Waals surface area contributed by atoms with Gasteiger partial charge in [0.2, 0.25) is 0 Å². The highest BCUT2D eigenvalue weighted by molar-refractivity contribution is 5.77. The van der Waals surface area contributed by atoms with Gasteiger partial charge in [0.1, 0.15) is 11.5 Å². The molecule has 23 heavy (non-hydrogen) atoms. The summed E-state index contributed by atoms with van der Waals surface area (Å²) in [5.74, 6) is 1.66. The molecular formula is C20H16N2O. The number of nitrogens with zero attached hydrogens (tertiary/aromatic N) is 2. The molecule has 112 valence electrons. The molecule has 0 N–H and O–H groups in total. The molecule has 4 aromatic rings. The van der Waals surface area contributed by atoms with Crippen molar-refractivity contribution >= 4 is 11.0 Å². The molecule has 3 heteroatoms. The molecule has 1 aromatic heterocycles. The Bertz CT molecular complexity index is 958. The quantitative estimate of drug-likeness (QED) is 0.530. The lowest BCUT2D eigenvalue weighted by Gasteiger charge is -2.11. The second-order valence-electron chi connectivity index (χ2n) is 5.47. The summed E-state index contributed by atoms with van der Waals surface area (Å²) >= 11 is 0. The van der Waals surface area contributed by atoms with Gasteiger partial charge in [-0.3, -0.25) is 0 Å². The number of hydrogen-bond donors (Lipinski definition) is 0. The molecule has 0 fully saturated rings. The fourth-order valence-corrected chi connectivity index (χ4v) is 2.71. The summed E-state index contributed by atoms with van der Waals surface area (Å²) in [5.41, 5.74) is 4.25. The van der Waals surface area contributed by atoms with Crippen LogP contribution in [0.5, 0.6) is 11.5 Å². The minimum absolute atomic E-state index is 0.810. The van der Waals surface area contributed by atoms with Gasteiger partial charge in [0.15, 0.2) is 0 Å². The number of benzene rings is 3. The minimum Gasteiger partial charge on any atom is -0.457 e. The molecule has 0 bridgehead atoms. The zero-order valence-electron chi connectivity index (χ0n) is 12.8. The molecule has 0 atom stereocenters. The van der Waals surface area contributed by atoms with Gasteiger partial charge in [-0.05, 0) is 23.8 Å². The van der Waals surface area contributed by atoms with E-state index in [1.54, 1.807) is 0 Å². The van der Waals surface area contributed by atoms with E-state index in [0.717, 1.165) is 33.7 Å². The molecule has 0 unspecified atom stereocenters. The van der Waals surface area contributed by atoms with Crippen molar-refractivity contribution in [3.8, 4) is 22.6 Å². The average molecular weight is 300 g/mol. The van der Waals surface area contributed by atoms with E-state index in [2.05, 4.69) is 23.2 Å². The van der Waals surface area contributed by atoms with Gasteiger partial charge in [-0.1, -0.05) is 48.5 Å². The first-order valence-electron chi connectivity index (χ1n) is 7.55. The SMILES string of the molecule is Cn1cnc2ccc(Oc3ccccc3-c3ccccc3)cc21. The van der Waals surface area contributed by atoms with E-state index in [1.807, 2.05) is 72.5 Å². The maximum Gasteiger partial charge on any atom is 0.135 e. The normalized spacial score (nSPS) is 10.8. The van der Waals surface area contributed by atoms with Crippen LogP contribution < -0.4 is 4.74 Å². The maximum atomic E-state index is 6.16. The van der Waals surface area contributed by atoms with E-state index in [9.17, 15) is 0 Å². The predicted molar refractivity (Wildman–Crippen MR) is 92.7 cm³/mol. The highest BCUT2D eigenvalue weighted by Gasteiger charge is 2.08. The van der Waals surface area contributed by atoms with Crippen LogP contribution in [-0.2, 0) is 7.05 Å². The van der Waals surface area contributed by atoms with Crippen LogP contribution in [0, 0.1) is 0 Å². The molecular weight excluding hydrogens is 284 g/mol. The Hall–Kier alpha value is -3.07. The molecule has 0 aliphatic rings. The van der Waals surface area contributed by atoms with Crippen LogP contribution >= 0.6 is 0 Å². The molecule has 4 rings (SSSR count). The van der Waals surface area contributed by atoms with Crippen LogP contribution in [-0.4, -0.2) is 9.55 Å². The standard InChI is InChI=1S/C20H16N2O/c1-22-14-21-18-12-11-16(13-19(18)22)23-20-10-6-5-9-17(20)15-7-3-2-4-8-15/h2-14H,1H3. The van der Waals surface area contributed by atoms with E-state index in [-0.39, 0.29) is 0 Å². The molecule has 1 heterocycles. The Kier molecular flexibility index (Phi) is 3.31. The first-order chi connectivity index (χ1) is 11.3. The molecule has 0 saturated carbocycles. The summed E-state index contributed by atoms with van der Waals surface area (Å²) in [6.07, 6.45) is 1.81. The van der Waals surface area contributed by atoms with Crippen LogP contribution in [0.25, 0.3) is 22.2 Å². The second kappa shape index (κ2) is 5.61. The summed E-state index contributed by atoms with van der Waals surface area (Å²) in [7, 11) is 1.98. The maximum absolute atomic E-state index is 6.16. The predicted octanol–water partition coefficient (Wildman–Crippen LogP) is 5.03. The third-order valence-corrected chi connectivity index (χ3v) is 3.90. The van der Waals surface area contributed by atoms with E-state index in [0.29, 0.717) is 0 Å². The lowest BCUT2D eigenvalue weighted by atomic mass is 10.0. The van der Waals surface area contributed by atoms with Crippen LogP contribution in [0.15, 0.2) is 79.1 Å². The minimum atomic E-state index is 0.810. The van der Waals surface area contributed by atoms with Crippen molar-refractivity contribution in [3.63, 3.8) is 0 Å². The zero-order valence-corrected chi connectivity index (χ0v) is 12.8. The van der Waals surface area contributed by atoms with Gasteiger partial charge in [-0.15, -0.1) is 0 Å². The summed E-state index contributed by atoms with van der Waals surface area (Å²) < 4.78 is 8.15. The topological polar surface area (TPSA) is 27.1 Å². The molecule has 3 nitrogen and oxygen atoms in total. The molecule has 0 aliphatic carbocycles. The van der Waals surface area contributed by atoms with E-state index in [4.69, 9.17) is 4.74 Å². The van der Waals surface area contributed by atoms with Crippen molar-refractivity contribution in [1.29, 1.82) is 0 Å². The fourth-order valence-electron chi connectivity index (χ4n) is 2.71. The molecule has 0 saturated heterocycles. The average Bonchev–Trinajstić information content (AvgIpc) is 2.97. The van der Waals surface area contributed by atoms with Gasteiger partial charge in [0.05, 0.1) is 17.4 Å². The lowest BCUT2D eigenvalue weighted by molar-refractivity contribution is 0.485. The lowest BCUT2D eigenvalue weighted by Crippen LogP contribution is -1.89. The second-order valence-corrected chi connectivity index (χ2v) is 5.47. The first-order valence-corrected chi connectivity index (χ1v) is 7.55. The molecule has 0 spiro atoms. The van der Waals surface area contributed by atoms with Gasteiger partial charge < -0.3 is 9.30 Å². The molecule has 3 aromatic carbocycles. The molecule has 0 aliphatic heterocycles. The number of ether oxygens (including phenoxy) is 1. The van der Waals surface area contributed by atoms with Gasteiger partial charge in [-0.25, -0.2) is 4.98 Å². The smallest absolute Gasteiger partial charge is 0.135 e. The zero-order chi connectivity index (χ0) is 15.6. The highest BCUT2D eigenvalue weighted by atomic mass is 16.5.